The second-order valence-corrected chi connectivity index (χ2v) is 12.4. The minimum atomic E-state index is -1.22. The van der Waals surface area contributed by atoms with Gasteiger partial charge in [-0.3, -0.25) is 0 Å². The van der Waals surface area contributed by atoms with Crippen LogP contribution < -0.4 is 10.6 Å². The van der Waals surface area contributed by atoms with Crippen LogP contribution in [0.3, 0.4) is 0 Å². The van der Waals surface area contributed by atoms with Crippen molar-refractivity contribution in [2.45, 2.75) is 91.2 Å². The summed E-state index contributed by atoms with van der Waals surface area (Å²) in [6.45, 7) is 15.2. The molecule has 186 valence electrons. The molecule has 0 aromatic heterocycles. The minimum absolute atomic E-state index is 0.00667. The summed E-state index contributed by atoms with van der Waals surface area (Å²) in [4.78, 5) is 47.9. The highest BCUT2D eigenvalue weighted by atomic mass is 33.1. The monoisotopic (exact) mass is 496 g/mol. The van der Waals surface area contributed by atoms with Gasteiger partial charge in [0.1, 0.15) is 28.9 Å². The lowest BCUT2D eigenvalue weighted by Crippen LogP contribution is -2.47. The summed E-state index contributed by atoms with van der Waals surface area (Å²) in [5, 5.41) is 14.1. The van der Waals surface area contributed by atoms with E-state index < -0.39 is 53.0 Å². The molecule has 0 aliphatic heterocycles. The van der Waals surface area contributed by atoms with Crippen molar-refractivity contribution < 1.29 is 38.5 Å². The van der Waals surface area contributed by atoms with Crippen LogP contribution in [0.5, 0.6) is 0 Å². The maximum absolute atomic E-state index is 12.5. The fraction of sp³-hybridized carbons (Fsp3) is 0.800. The van der Waals surface area contributed by atoms with Crippen molar-refractivity contribution >= 4 is 45.7 Å². The highest BCUT2D eigenvalue weighted by Crippen LogP contribution is 2.24. The zero-order valence-corrected chi connectivity index (χ0v) is 21.8. The van der Waals surface area contributed by atoms with Gasteiger partial charge in [0.05, 0.1) is 0 Å². The molecule has 0 aliphatic rings. The van der Waals surface area contributed by atoms with Crippen molar-refractivity contribution in [3.05, 3.63) is 0 Å². The Morgan fingerprint density at radius 3 is 1.38 bits per heavy atom. The van der Waals surface area contributed by atoms with Gasteiger partial charge in [0.15, 0.2) is 0 Å². The summed E-state index contributed by atoms with van der Waals surface area (Å²) in [5.74, 6) is -1.76. The summed E-state index contributed by atoms with van der Waals surface area (Å²) in [6, 6.07) is -2.20. The number of carboxylic acid groups (broad SMARTS) is 1. The lowest BCUT2D eigenvalue weighted by molar-refractivity contribution is -0.156. The number of carbonyl (C=O) groups excluding carboxylic acids is 3. The van der Waals surface area contributed by atoms with Gasteiger partial charge >= 0.3 is 24.1 Å². The van der Waals surface area contributed by atoms with Crippen molar-refractivity contribution in [2.24, 2.45) is 0 Å². The molecule has 0 fully saturated rings. The summed E-state index contributed by atoms with van der Waals surface area (Å²) in [6.07, 6.45) is -1.61. The number of carboxylic acids is 1. The fourth-order valence-electron chi connectivity index (χ4n) is 1.85. The van der Waals surface area contributed by atoms with E-state index in [0.717, 1.165) is 21.6 Å². The Hall–Kier alpha value is -1.82. The molecule has 10 nitrogen and oxygen atoms in total. The van der Waals surface area contributed by atoms with Gasteiger partial charge in [-0.1, -0.05) is 21.6 Å². The van der Waals surface area contributed by atoms with Gasteiger partial charge in [0.2, 0.25) is 0 Å². The average molecular weight is 497 g/mol. The summed E-state index contributed by atoms with van der Waals surface area (Å²) < 4.78 is 15.6. The van der Waals surface area contributed by atoms with Crippen LogP contribution in [-0.2, 0) is 23.8 Å². The molecule has 0 aromatic carbocycles. The third-order valence-corrected chi connectivity index (χ3v) is 5.35. The zero-order chi connectivity index (χ0) is 25.3. The number of alkyl carbamates (subject to hydrolysis) is 2. The Morgan fingerprint density at radius 2 is 1.03 bits per heavy atom. The first kappa shape index (κ1) is 30.2. The van der Waals surface area contributed by atoms with Crippen LogP contribution in [0.1, 0.15) is 62.3 Å². The van der Waals surface area contributed by atoms with Gasteiger partial charge in [0.25, 0.3) is 0 Å². The number of rotatable bonds is 9. The zero-order valence-electron chi connectivity index (χ0n) is 20.2. The predicted octanol–water partition coefficient (Wildman–Crippen LogP) is 3.58. The molecular weight excluding hydrogens is 460 g/mol. The molecule has 0 rings (SSSR count). The van der Waals surface area contributed by atoms with E-state index in [2.05, 4.69) is 10.6 Å². The molecule has 0 aliphatic carbocycles. The van der Waals surface area contributed by atoms with Gasteiger partial charge in [-0.25, -0.2) is 19.2 Å². The molecule has 0 aromatic rings. The summed E-state index contributed by atoms with van der Waals surface area (Å²) in [5.41, 5.74) is -2.26. The molecule has 0 bridgehead atoms. The van der Waals surface area contributed by atoms with Crippen LogP contribution in [0.2, 0.25) is 0 Å². The number of esters is 1. The Kier molecular flexibility index (Phi) is 11.7. The van der Waals surface area contributed by atoms with Crippen LogP contribution >= 0.6 is 21.6 Å². The number of hydrogen-bond donors (Lipinski definition) is 3. The normalized spacial score (nSPS) is 14.0. The quantitative estimate of drug-likeness (QED) is 0.188. The van der Waals surface area contributed by atoms with Crippen molar-refractivity contribution in [3.63, 3.8) is 0 Å². The molecule has 32 heavy (non-hydrogen) atoms. The molecule has 2 amide bonds. The number of aliphatic carboxylic acids is 1. The van der Waals surface area contributed by atoms with Crippen molar-refractivity contribution in [2.75, 3.05) is 11.5 Å². The third-order valence-electron chi connectivity index (χ3n) is 2.92. The van der Waals surface area contributed by atoms with Crippen LogP contribution in [-0.4, -0.2) is 69.6 Å². The van der Waals surface area contributed by atoms with Crippen LogP contribution in [0, 0.1) is 0 Å². The fourth-order valence-corrected chi connectivity index (χ4v) is 4.15. The van der Waals surface area contributed by atoms with Gasteiger partial charge in [0, 0.05) is 11.5 Å². The number of carbonyl (C=O) groups is 4. The maximum Gasteiger partial charge on any atom is 0.408 e. The number of nitrogens with one attached hydrogen (secondary N) is 2. The molecule has 0 radical (unpaired) electrons. The average Bonchev–Trinajstić information content (AvgIpc) is 2.50. The Balaban J connectivity index is 4.92. The Labute approximate surface area is 197 Å². The third kappa shape index (κ3) is 15.9. The number of amides is 2. The van der Waals surface area contributed by atoms with Crippen molar-refractivity contribution in [1.29, 1.82) is 0 Å². The summed E-state index contributed by atoms with van der Waals surface area (Å²) >= 11 is 0. The predicted molar refractivity (Wildman–Crippen MR) is 125 cm³/mol. The van der Waals surface area contributed by atoms with E-state index in [9.17, 15) is 24.3 Å². The second kappa shape index (κ2) is 12.4. The molecule has 0 unspecified atom stereocenters. The number of ether oxygens (including phenoxy) is 3. The molecule has 0 spiro atoms. The standard InChI is InChI=1S/C20H36N2O8S2/c1-18(2,3)28-15(25)13(22-17(27)30-20(7,8)9)11-32-31-10-12(14(23)24)21-16(26)29-19(4,5)6/h12-13H,10-11H2,1-9H3,(H,21,26)(H,22,27)(H,23,24)/t12-,13-/m0/s1. The van der Waals surface area contributed by atoms with E-state index >= 15 is 0 Å². The van der Waals surface area contributed by atoms with Gasteiger partial charge < -0.3 is 30.0 Å². The molecule has 0 saturated heterocycles. The highest BCUT2D eigenvalue weighted by Gasteiger charge is 2.29. The first-order valence-electron chi connectivity index (χ1n) is 9.98. The first-order chi connectivity index (χ1) is 14.3. The van der Waals surface area contributed by atoms with Crippen LogP contribution in [0.25, 0.3) is 0 Å². The molecule has 3 N–H and O–H groups in total. The lowest BCUT2D eigenvalue weighted by Gasteiger charge is -2.26. The molecule has 2 atom stereocenters. The largest absolute Gasteiger partial charge is 0.480 e. The highest BCUT2D eigenvalue weighted by molar-refractivity contribution is 8.76. The molecule has 0 saturated carbocycles. The minimum Gasteiger partial charge on any atom is -0.480 e. The van der Waals surface area contributed by atoms with Crippen LogP contribution in [0.15, 0.2) is 0 Å². The van der Waals surface area contributed by atoms with E-state index in [1.54, 1.807) is 62.3 Å². The van der Waals surface area contributed by atoms with Gasteiger partial charge in [-0.2, -0.15) is 0 Å². The topological polar surface area (TPSA) is 140 Å². The Bertz CT molecular complexity index is 666. The Morgan fingerprint density at radius 1 is 0.688 bits per heavy atom. The lowest BCUT2D eigenvalue weighted by atomic mass is 10.2. The number of hydrogen-bond acceptors (Lipinski definition) is 9. The smallest absolute Gasteiger partial charge is 0.408 e. The van der Waals surface area contributed by atoms with Crippen LogP contribution in [0.4, 0.5) is 9.59 Å². The van der Waals surface area contributed by atoms with Gasteiger partial charge in [-0.05, 0) is 62.3 Å². The molecular formula is C20H36N2O8S2. The summed E-state index contributed by atoms with van der Waals surface area (Å²) in [7, 11) is 2.27. The van der Waals surface area contributed by atoms with E-state index in [-0.39, 0.29) is 11.5 Å². The second-order valence-electron chi connectivity index (χ2n) is 9.84. The van der Waals surface area contributed by atoms with E-state index in [0.29, 0.717) is 0 Å². The SMILES string of the molecule is CC(C)(C)OC(=O)N[C@@H](CSSC[C@H](NC(=O)OC(C)(C)C)C(=O)OC(C)(C)C)C(=O)O. The van der Waals surface area contributed by atoms with E-state index in [1.165, 1.54) is 0 Å². The first-order valence-corrected chi connectivity index (χ1v) is 12.5. The molecule has 12 heteroatoms. The van der Waals surface area contributed by atoms with E-state index in [4.69, 9.17) is 14.2 Å². The maximum atomic E-state index is 12.5. The van der Waals surface area contributed by atoms with Crippen molar-refractivity contribution in [3.8, 4) is 0 Å². The molecule has 0 heterocycles. The van der Waals surface area contributed by atoms with E-state index in [1.807, 2.05) is 0 Å². The van der Waals surface area contributed by atoms with Gasteiger partial charge in [-0.15, -0.1) is 0 Å². The van der Waals surface area contributed by atoms with Crippen molar-refractivity contribution in [1.82, 2.24) is 10.6 Å².